The Balaban J connectivity index is 1.23. The highest BCUT2D eigenvalue weighted by Crippen LogP contribution is 2.33. The second kappa shape index (κ2) is 8.18. The van der Waals surface area contributed by atoms with Gasteiger partial charge in [0.2, 0.25) is 0 Å². The SMILES string of the molecule is O=C(NCc1nccs1)c1nn(CC2CC2)c2c1CN(Cc1cc3ccccc3[nH]1)CC2. The van der Waals surface area contributed by atoms with E-state index in [2.05, 4.69) is 55.2 Å². The van der Waals surface area contributed by atoms with Crippen molar-refractivity contribution in [2.24, 2.45) is 5.92 Å². The van der Waals surface area contributed by atoms with Gasteiger partial charge < -0.3 is 10.3 Å². The lowest BCUT2D eigenvalue weighted by atomic mass is 10.0. The molecule has 0 atom stereocenters. The van der Waals surface area contributed by atoms with Crippen LogP contribution in [0.15, 0.2) is 41.9 Å². The monoisotopic (exact) mass is 446 g/mol. The van der Waals surface area contributed by atoms with E-state index in [1.165, 1.54) is 35.1 Å². The molecular formula is C24H26N6OS. The van der Waals surface area contributed by atoms with Crippen molar-refractivity contribution < 1.29 is 4.79 Å². The Labute approximate surface area is 190 Å². The van der Waals surface area contributed by atoms with Crippen LogP contribution in [0.1, 0.15) is 45.3 Å². The first kappa shape index (κ1) is 19.7. The Morgan fingerprint density at radius 3 is 3.00 bits per heavy atom. The fourth-order valence-electron chi connectivity index (χ4n) is 4.60. The first-order chi connectivity index (χ1) is 15.7. The fourth-order valence-corrected chi connectivity index (χ4v) is 5.16. The highest BCUT2D eigenvalue weighted by atomic mass is 32.1. The average molecular weight is 447 g/mol. The number of benzene rings is 1. The maximum atomic E-state index is 13.1. The summed E-state index contributed by atoms with van der Waals surface area (Å²) >= 11 is 1.55. The molecule has 0 unspecified atom stereocenters. The van der Waals surface area contributed by atoms with Gasteiger partial charge in [0.05, 0.1) is 6.54 Å². The third-order valence-electron chi connectivity index (χ3n) is 6.42. The van der Waals surface area contributed by atoms with E-state index in [0.29, 0.717) is 12.2 Å². The van der Waals surface area contributed by atoms with Gasteiger partial charge in [-0.05, 0) is 36.3 Å². The number of nitrogens with one attached hydrogen (secondary N) is 2. The summed E-state index contributed by atoms with van der Waals surface area (Å²) in [5.41, 5.74) is 5.28. The maximum absolute atomic E-state index is 13.1. The molecule has 8 heteroatoms. The number of rotatable bonds is 7. The molecule has 0 radical (unpaired) electrons. The van der Waals surface area contributed by atoms with Crippen molar-refractivity contribution in [2.75, 3.05) is 6.54 Å². The van der Waals surface area contributed by atoms with Gasteiger partial charge in [-0.25, -0.2) is 4.98 Å². The molecule has 1 fully saturated rings. The summed E-state index contributed by atoms with van der Waals surface area (Å²) in [5.74, 6) is 0.619. The Morgan fingerprint density at radius 1 is 1.28 bits per heavy atom. The molecule has 4 aromatic rings. The van der Waals surface area contributed by atoms with Crippen molar-refractivity contribution >= 4 is 28.1 Å². The lowest BCUT2D eigenvalue weighted by molar-refractivity contribution is 0.0942. The number of para-hydroxylation sites is 1. The molecule has 0 spiro atoms. The number of aromatic amines is 1. The van der Waals surface area contributed by atoms with Gasteiger partial charge in [0.15, 0.2) is 5.69 Å². The number of aromatic nitrogens is 4. The largest absolute Gasteiger partial charge is 0.357 e. The highest BCUT2D eigenvalue weighted by molar-refractivity contribution is 7.09. The van der Waals surface area contributed by atoms with Crippen LogP contribution in [-0.2, 0) is 32.6 Å². The number of hydrogen-bond donors (Lipinski definition) is 2. The van der Waals surface area contributed by atoms with Crippen LogP contribution in [0.3, 0.4) is 0 Å². The topological polar surface area (TPSA) is 78.8 Å². The molecule has 32 heavy (non-hydrogen) atoms. The van der Waals surface area contributed by atoms with Gasteiger partial charge in [0, 0.05) is 66.6 Å². The molecule has 3 aromatic heterocycles. The first-order valence-electron chi connectivity index (χ1n) is 11.3. The van der Waals surface area contributed by atoms with E-state index in [1.54, 1.807) is 17.5 Å². The van der Waals surface area contributed by atoms with Crippen molar-refractivity contribution in [1.82, 2.24) is 30.0 Å². The molecule has 0 bridgehead atoms. The summed E-state index contributed by atoms with van der Waals surface area (Å²) in [6, 6.07) is 10.6. The zero-order valence-corrected chi connectivity index (χ0v) is 18.7. The second-order valence-corrected chi connectivity index (χ2v) is 9.83. The Hall–Kier alpha value is -2.97. The lowest BCUT2D eigenvalue weighted by Gasteiger charge is -2.27. The molecule has 6 rings (SSSR count). The van der Waals surface area contributed by atoms with Gasteiger partial charge in [0.1, 0.15) is 5.01 Å². The number of amides is 1. The highest BCUT2D eigenvalue weighted by Gasteiger charge is 2.31. The number of carbonyl (C=O) groups is 1. The summed E-state index contributed by atoms with van der Waals surface area (Å²) in [5, 5.41) is 11.9. The zero-order valence-electron chi connectivity index (χ0n) is 17.9. The summed E-state index contributed by atoms with van der Waals surface area (Å²) < 4.78 is 2.12. The standard InChI is InChI=1S/C24H26N6OS/c31-24(26-12-22-25-8-10-32-22)23-19-15-29(9-7-21(19)30(28-23)13-16-5-6-16)14-18-11-17-3-1-2-4-20(17)27-18/h1-4,8,10-11,16,27H,5-7,9,12-15H2,(H,26,31). The minimum atomic E-state index is -0.0986. The van der Waals surface area contributed by atoms with Gasteiger partial charge in [-0.3, -0.25) is 14.4 Å². The fraction of sp³-hybridized carbons (Fsp3) is 0.375. The Bertz CT molecular complexity index is 1220. The van der Waals surface area contributed by atoms with Gasteiger partial charge >= 0.3 is 0 Å². The minimum Gasteiger partial charge on any atom is -0.357 e. The molecule has 4 heterocycles. The molecule has 1 aromatic carbocycles. The molecule has 2 aliphatic rings. The summed E-state index contributed by atoms with van der Waals surface area (Å²) in [6.45, 7) is 3.93. The number of fused-ring (bicyclic) bond motifs is 2. The van der Waals surface area contributed by atoms with Crippen LogP contribution in [-0.4, -0.2) is 37.1 Å². The van der Waals surface area contributed by atoms with Crippen LogP contribution in [0.25, 0.3) is 10.9 Å². The van der Waals surface area contributed by atoms with E-state index in [4.69, 9.17) is 5.10 Å². The third kappa shape index (κ3) is 3.96. The predicted octanol–water partition coefficient (Wildman–Crippen LogP) is 3.72. The predicted molar refractivity (Wildman–Crippen MR) is 124 cm³/mol. The maximum Gasteiger partial charge on any atom is 0.272 e. The summed E-state index contributed by atoms with van der Waals surface area (Å²) in [7, 11) is 0. The molecular weight excluding hydrogens is 420 g/mol. The van der Waals surface area contributed by atoms with Crippen LogP contribution >= 0.6 is 11.3 Å². The van der Waals surface area contributed by atoms with Crippen molar-refractivity contribution in [1.29, 1.82) is 0 Å². The van der Waals surface area contributed by atoms with E-state index in [0.717, 1.165) is 49.1 Å². The number of thiazole rings is 1. The molecule has 1 aliphatic carbocycles. The quantitative estimate of drug-likeness (QED) is 0.454. The third-order valence-corrected chi connectivity index (χ3v) is 7.20. The van der Waals surface area contributed by atoms with E-state index in [-0.39, 0.29) is 5.91 Å². The van der Waals surface area contributed by atoms with Gasteiger partial charge in [-0.1, -0.05) is 18.2 Å². The number of nitrogens with zero attached hydrogens (tertiary/aromatic N) is 4. The lowest BCUT2D eigenvalue weighted by Crippen LogP contribution is -2.32. The minimum absolute atomic E-state index is 0.0986. The van der Waals surface area contributed by atoms with E-state index < -0.39 is 0 Å². The van der Waals surface area contributed by atoms with Crippen LogP contribution < -0.4 is 5.32 Å². The smallest absolute Gasteiger partial charge is 0.272 e. The zero-order chi connectivity index (χ0) is 21.5. The van der Waals surface area contributed by atoms with Crippen LogP contribution in [0.5, 0.6) is 0 Å². The van der Waals surface area contributed by atoms with Crippen LogP contribution in [0.4, 0.5) is 0 Å². The number of hydrogen-bond acceptors (Lipinski definition) is 5. The first-order valence-corrected chi connectivity index (χ1v) is 12.1. The summed E-state index contributed by atoms with van der Waals surface area (Å²) in [6.07, 6.45) is 5.23. The molecule has 0 saturated heterocycles. The number of H-pyrrole nitrogens is 1. The molecule has 7 nitrogen and oxygen atoms in total. The van der Waals surface area contributed by atoms with Crippen molar-refractivity contribution in [3.05, 3.63) is 69.6 Å². The second-order valence-electron chi connectivity index (χ2n) is 8.85. The molecule has 2 N–H and O–H groups in total. The van der Waals surface area contributed by atoms with Crippen molar-refractivity contribution in [3.63, 3.8) is 0 Å². The average Bonchev–Trinajstić information content (AvgIpc) is 3.18. The van der Waals surface area contributed by atoms with Crippen LogP contribution in [0.2, 0.25) is 0 Å². The Kier molecular flexibility index (Phi) is 5.04. The number of carbonyl (C=O) groups excluding carboxylic acids is 1. The molecule has 1 aliphatic heterocycles. The van der Waals surface area contributed by atoms with Crippen LogP contribution in [0, 0.1) is 5.92 Å². The normalized spacial score (nSPS) is 16.4. The van der Waals surface area contributed by atoms with E-state index in [9.17, 15) is 4.79 Å². The van der Waals surface area contributed by atoms with Gasteiger partial charge in [0.25, 0.3) is 5.91 Å². The Morgan fingerprint density at radius 2 is 2.19 bits per heavy atom. The van der Waals surface area contributed by atoms with E-state index >= 15 is 0 Å². The molecule has 1 saturated carbocycles. The van der Waals surface area contributed by atoms with Crippen molar-refractivity contribution in [2.45, 2.75) is 45.4 Å². The molecule has 164 valence electrons. The molecule has 1 amide bonds. The van der Waals surface area contributed by atoms with Gasteiger partial charge in [-0.2, -0.15) is 5.10 Å². The van der Waals surface area contributed by atoms with Gasteiger partial charge in [-0.15, -0.1) is 11.3 Å². The van der Waals surface area contributed by atoms with E-state index in [1.807, 2.05) is 5.38 Å². The summed E-state index contributed by atoms with van der Waals surface area (Å²) in [4.78, 5) is 23.3. The van der Waals surface area contributed by atoms with Crippen molar-refractivity contribution in [3.8, 4) is 0 Å².